The third-order valence-electron chi connectivity index (χ3n) is 6.27. The number of rotatable bonds is 4. The lowest BCUT2D eigenvalue weighted by Gasteiger charge is -2.41. The van der Waals surface area contributed by atoms with E-state index in [1.807, 2.05) is 29.3 Å². The van der Waals surface area contributed by atoms with Gasteiger partial charge in [0.15, 0.2) is 6.04 Å². The Bertz CT molecular complexity index is 871. The van der Waals surface area contributed by atoms with E-state index in [0.29, 0.717) is 37.4 Å². The largest absolute Gasteiger partial charge is 0.410 e. The predicted molar refractivity (Wildman–Crippen MR) is 111 cm³/mol. The maximum atomic E-state index is 13.6. The van der Waals surface area contributed by atoms with Gasteiger partial charge in [-0.05, 0) is 50.0 Å². The van der Waals surface area contributed by atoms with Crippen LogP contribution in [0.2, 0.25) is 0 Å². The van der Waals surface area contributed by atoms with Crippen molar-refractivity contribution in [3.8, 4) is 0 Å². The smallest absolute Gasteiger partial charge is 0.367 e. The fraction of sp³-hybridized carbons (Fsp3) is 0.619. The number of anilines is 1. The third-order valence-corrected chi connectivity index (χ3v) is 7.17. The van der Waals surface area contributed by atoms with Crippen molar-refractivity contribution in [2.45, 2.75) is 57.8 Å². The van der Waals surface area contributed by atoms with Gasteiger partial charge in [-0.25, -0.2) is 4.68 Å². The van der Waals surface area contributed by atoms with Gasteiger partial charge in [0.2, 0.25) is 5.91 Å². The number of alkyl halides is 3. The molecule has 1 fully saturated rings. The number of hydrogen-bond donors (Lipinski definition) is 1. The Morgan fingerprint density at radius 1 is 1.37 bits per heavy atom. The van der Waals surface area contributed by atoms with Gasteiger partial charge < -0.3 is 10.2 Å². The van der Waals surface area contributed by atoms with Gasteiger partial charge in [0.1, 0.15) is 5.82 Å². The molecule has 9 heteroatoms. The number of likely N-dealkylation sites (tertiary alicyclic amines) is 1. The molecule has 2 aromatic heterocycles. The van der Waals surface area contributed by atoms with Crippen LogP contribution in [0.5, 0.6) is 0 Å². The molecule has 0 spiro atoms. The van der Waals surface area contributed by atoms with E-state index in [0.717, 1.165) is 11.1 Å². The fourth-order valence-corrected chi connectivity index (χ4v) is 5.52. The summed E-state index contributed by atoms with van der Waals surface area (Å²) in [4.78, 5) is 15.9. The van der Waals surface area contributed by atoms with Gasteiger partial charge in [-0.2, -0.15) is 18.3 Å². The average molecular weight is 441 g/mol. The van der Waals surface area contributed by atoms with Crippen LogP contribution in [0.4, 0.5) is 19.0 Å². The highest BCUT2D eigenvalue weighted by Gasteiger charge is 2.47. The van der Waals surface area contributed by atoms with E-state index in [1.165, 1.54) is 4.88 Å². The Hall–Kier alpha value is -2.03. The number of piperidine rings is 1. The first-order valence-electron chi connectivity index (χ1n) is 10.4. The van der Waals surface area contributed by atoms with Crippen LogP contribution in [0.1, 0.15) is 42.8 Å². The minimum atomic E-state index is -4.33. The zero-order valence-electron chi connectivity index (χ0n) is 17.2. The number of amides is 1. The van der Waals surface area contributed by atoms with Gasteiger partial charge >= 0.3 is 6.18 Å². The van der Waals surface area contributed by atoms with Gasteiger partial charge in [0.05, 0.1) is 5.69 Å². The maximum Gasteiger partial charge on any atom is 0.410 e. The molecular weight excluding hydrogens is 413 g/mol. The zero-order valence-corrected chi connectivity index (χ0v) is 18.0. The summed E-state index contributed by atoms with van der Waals surface area (Å²) in [6, 6.07) is 3.84. The second-order valence-corrected chi connectivity index (χ2v) is 9.54. The number of carbonyl (C=O) groups is 1. The minimum absolute atomic E-state index is 0.0228. The van der Waals surface area contributed by atoms with Crippen molar-refractivity contribution in [1.29, 1.82) is 0 Å². The minimum Gasteiger partial charge on any atom is -0.367 e. The van der Waals surface area contributed by atoms with Crippen LogP contribution >= 0.6 is 11.3 Å². The van der Waals surface area contributed by atoms with Gasteiger partial charge in [-0.3, -0.25) is 4.79 Å². The quantitative estimate of drug-likeness (QED) is 0.753. The maximum absolute atomic E-state index is 13.6. The Morgan fingerprint density at radius 2 is 2.10 bits per heavy atom. The molecule has 2 aromatic rings. The van der Waals surface area contributed by atoms with Crippen molar-refractivity contribution in [2.75, 3.05) is 18.4 Å². The van der Waals surface area contributed by atoms with Crippen molar-refractivity contribution in [3.63, 3.8) is 0 Å². The summed E-state index contributed by atoms with van der Waals surface area (Å²) < 4.78 is 42.0. The Labute approximate surface area is 178 Å². The van der Waals surface area contributed by atoms with Gasteiger partial charge in [-0.1, -0.05) is 13.0 Å². The van der Waals surface area contributed by atoms with E-state index in [9.17, 15) is 18.0 Å². The molecule has 5 nitrogen and oxygen atoms in total. The number of hydrogen-bond acceptors (Lipinski definition) is 4. The topological polar surface area (TPSA) is 50.2 Å². The van der Waals surface area contributed by atoms with Crippen molar-refractivity contribution in [3.05, 3.63) is 34.2 Å². The molecule has 30 heavy (non-hydrogen) atoms. The number of aryl methyl sites for hydroxylation is 1. The summed E-state index contributed by atoms with van der Waals surface area (Å²) in [5, 5.41) is 9.34. The second kappa shape index (κ2) is 8.24. The van der Waals surface area contributed by atoms with Crippen molar-refractivity contribution < 1.29 is 18.0 Å². The van der Waals surface area contributed by atoms with E-state index in [-0.39, 0.29) is 30.2 Å². The lowest BCUT2D eigenvalue weighted by molar-refractivity contribution is -0.174. The molecule has 4 rings (SSSR count). The highest BCUT2D eigenvalue weighted by molar-refractivity contribution is 7.09. The lowest BCUT2D eigenvalue weighted by atomic mass is 9.84. The van der Waals surface area contributed by atoms with Crippen LogP contribution in [-0.2, 0) is 11.2 Å². The van der Waals surface area contributed by atoms with Crippen LogP contribution in [-0.4, -0.2) is 45.9 Å². The molecule has 1 amide bonds. The number of fused-ring (bicyclic) bond motifs is 1. The summed E-state index contributed by atoms with van der Waals surface area (Å²) in [6.45, 7) is 4.86. The fourth-order valence-electron chi connectivity index (χ4n) is 4.69. The number of carbonyl (C=O) groups excluding carboxylic acids is 1. The lowest BCUT2D eigenvalue weighted by Crippen LogP contribution is -2.48. The van der Waals surface area contributed by atoms with E-state index in [2.05, 4.69) is 10.4 Å². The number of aromatic nitrogens is 2. The molecule has 4 heterocycles. The second-order valence-electron chi connectivity index (χ2n) is 8.51. The van der Waals surface area contributed by atoms with E-state index in [1.54, 1.807) is 24.3 Å². The highest BCUT2D eigenvalue weighted by atomic mass is 32.1. The Morgan fingerprint density at radius 3 is 2.73 bits per heavy atom. The van der Waals surface area contributed by atoms with Crippen LogP contribution in [0.15, 0.2) is 23.6 Å². The first kappa shape index (κ1) is 21.2. The standard InChI is InChI=1S/C21H27F3N4OS/c1-13(10-16-4-3-9-30-16)20(29)27-7-5-15(6-8-27)17-12-18(21(22,23)24)28-19(25-17)11-14(2)26-28/h3-4,9,11,13,15,17-18,25H,5-8,10,12H2,1-2H3/t13-,17+,18-/m1/s1. The number of thiophene rings is 1. The first-order valence-corrected chi connectivity index (χ1v) is 11.3. The van der Waals surface area contributed by atoms with Crippen LogP contribution in [0.25, 0.3) is 0 Å². The van der Waals surface area contributed by atoms with Gasteiger partial charge in [-0.15, -0.1) is 11.3 Å². The van der Waals surface area contributed by atoms with Crippen LogP contribution < -0.4 is 5.32 Å². The predicted octanol–water partition coefficient (Wildman–Crippen LogP) is 4.66. The zero-order chi connectivity index (χ0) is 21.5. The Balaban J connectivity index is 1.37. The van der Waals surface area contributed by atoms with Crippen molar-refractivity contribution in [2.24, 2.45) is 11.8 Å². The van der Waals surface area contributed by atoms with E-state index < -0.39 is 12.2 Å². The number of nitrogens with one attached hydrogen (secondary N) is 1. The van der Waals surface area contributed by atoms with Gasteiger partial charge in [0.25, 0.3) is 0 Å². The SMILES string of the molecule is Cc1cc2n(n1)[C@@H](C(F)(F)F)C[C@@H](C1CCN(C(=O)[C@H](C)Cc3cccs3)CC1)N2. The molecule has 2 aliphatic heterocycles. The summed E-state index contributed by atoms with van der Waals surface area (Å²) >= 11 is 1.65. The molecule has 0 aromatic carbocycles. The first-order chi connectivity index (χ1) is 14.2. The molecule has 3 atom stereocenters. The highest BCUT2D eigenvalue weighted by Crippen LogP contribution is 2.42. The summed E-state index contributed by atoms with van der Waals surface area (Å²) in [6.07, 6.45) is -2.19. The molecule has 0 bridgehead atoms. The van der Waals surface area contributed by atoms with Crippen LogP contribution in [0.3, 0.4) is 0 Å². The molecule has 1 saturated heterocycles. The van der Waals surface area contributed by atoms with E-state index >= 15 is 0 Å². The summed E-state index contributed by atoms with van der Waals surface area (Å²) in [7, 11) is 0. The normalized spacial score (nSPS) is 23.7. The summed E-state index contributed by atoms with van der Waals surface area (Å²) in [5.41, 5.74) is 0.576. The monoisotopic (exact) mass is 440 g/mol. The molecule has 1 N–H and O–H groups in total. The van der Waals surface area contributed by atoms with Crippen molar-refractivity contribution in [1.82, 2.24) is 14.7 Å². The van der Waals surface area contributed by atoms with Gasteiger partial charge in [0, 0.05) is 36.0 Å². The third kappa shape index (κ3) is 4.36. The molecule has 0 aliphatic carbocycles. The molecular formula is C21H27F3N4OS. The van der Waals surface area contributed by atoms with Crippen LogP contribution in [0, 0.1) is 18.8 Å². The molecule has 164 valence electrons. The molecule has 0 saturated carbocycles. The van der Waals surface area contributed by atoms with E-state index in [4.69, 9.17) is 0 Å². The average Bonchev–Trinajstić information content (AvgIpc) is 3.34. The number of halogens is 3. The molecule has 2 aliphatic rings. The van der Waals surface area contributed by atoms with Crippen molar-refractivity contribution >= 4 is 23.1 Å². The summed E-state index contributed by atoms with van der Waals surface area (Å²) in [5.74, 6) is 0.602. The Kier molecular flexibility index (Phi) is 5.83. The molecule has 0 radical (unpaired) electrons. The number of nitrogens with zero attached hydrogens (tertiary/aromatic N) is 3. The molecule has 0 unspecified atom stereocenters.